The maximum absolute atomic E-state index is 12.1. The van der Waals surface area contributed by atoms with Crippen molar-refractivity contribution in [1.82, 2.24) is 0 Å². The van der Waals surface area contributed by atoms with Crippen molar-refractivity contribution in [1.29, 1.82) is 0 Å². The highest BCUT2D eigenvalue weighted by Crippen LogP contribution is 2.62. The molecule has 1 saturated heterocycles. The highest BCUT2D eigenvalue weighted by atomic mass is 16.7. The molecule has 0 saturated carbocycles. The number of methoxy groups -OCH3 is 1. The SMILES string of the molecule is CCC1(c2ccccc2)OC1(C(=O)OC)C(C)C. The summed E-state index contributed by atoms with van der Waals surface area (Å²) in [6.45, 7) is 6.04. The standard InChI is InChI=1S/C15H20O3/c1-5-14(12-9-7-6-8-10-12)15(18-14,11(2)3)13(16)17-4/h6-11H,5H2,1-4H3. The fraction of sp³-hybridized carbons (Fsp3) is 0.533. The summed E-state index contributed by atoms with van der Waals surface area (Å²) in [5.74, 6) is -0.201. The molecular weight excluding hydrogens is 228 g/mol. The molecule has 18 heavy (non-hydrogen) atoms. The van der Waals surface area contributed by atoms with E-state index in [1.54, 1.807) is 0 Å². The molecule has 1 aromatic carbocycles. The van der Waals surface area contributed by atoms with Gasteiger partial charge in [0.15, 0.2) is 0 Å². The Morgan fingerprint density at radius 2 is 1.94 bits per heavy atom. The van der Waals surface area contributed by atoms with Crippen LogP contribution in [0.1, 0.15) is 32.8 Å². The van der Waals surface area contributed by atoms with Crippen molar-refractivity contribution in [3.05, 3.63) is 35.9 Å². The molecule has 0 bridgehead atoms. The van der Waals surface area contributed by atoms with Crippen LogP contribution >= 0.6 is 0 Å². The maximum Gasteiger partial charge on any atom is 0.341 e. The van der Waals surface area contributed by atoms with Crippen molar-refractivity contribution >= 4 is 5.97 Å². The molecule has 0 aliphatic carbocycles. The molecule has 1 fully saturated rings. The van der Waals surface area contributed by atoms with Crippen molar-refractivity contribution in [2.45, 2.75) is 38.4 Å². The molecule has 0 N–H and O–H groups in total. The minimum absolute atomic E-state index is 0.0742. The average molecular weight is 248 g/mol. The first-order valence-corrected chi connectivity index (χ1v) is 6.39. The summed E-state index contributed by atoms with van der Waals surface area (Å²) >= 11 is 0. The van der Waals surface area contributed by atoms with Gasteiger partial charge in [0.05, 0.1) is 7.11 Å². The van der Waals surface area contributed by atoms with Crippen LogP contribution in [0, 0.1) is 5.92 Å². The maximum atomic E-state index is 12.1. The predicted octanol–water partition coefficient (Wildman–Crippen LogP) is 2.89. The van der Waals surface area contributed by atoms with E-state index in [4.69, 9.17) is 9.47 Å². The molecule has 2 rings (SSSR count). The van der Waals surface area contributed by atoms with Crippen LogP contribution in [-0.2, 0) is 19.9 Å². The summed E-state index contributed by atoms with van der Waals surface area (Å²) in [6, 6.07) is 9.92. The van der Waals surface area contributed by atoms with Gasteiger partial charge < -0.3 is 9.47 Å². The summed E-state index contributed by atoms with van der Waals surface area (Å²) in [4.78, 5) is 12.1. The highest BCUT2D eigenvalue weighted by Gasteiger charge is 2.76. The zero-order chi connectivity index (χ0) is 13.4. The number of carbonyl (C=O) groups is 1. The van der Waals surface area contributed by atoms with Gasteiger partial charge in [-0.1, -0.05) is 51.1 Å². The van der Waals surface area contributed by atoms with E-state index in [1.165, 1.54) is 7.11 Å². The van der Waals surface area contributed by atoms with Gasteiger partial charge in [0.1, 0.15) is 5.60 Å². The van der Waals surface area contributed by atoms with E-state index in [-0.39, 0.29) is 11.9 Å². The lowest BCUT2D eigenvalue weighted by atomic mass is 9.78. The van der Waals surface area contributed by atoms with E-state index in [0.717, 1.165) is 12.0 Å². The molecule has 1 heterocycles. The van der Waals surface area contributed by atoms with E-state index in [1.807, 2.05) is 51.1 Å². The Labute approximate surface area is 108 Å². The Balaban J connectivity index is 2.46. The number of esters is 1. The predicted molar refractivity (Wildman–Crippen MR) is 69.1 cm³/mol. The van der Waals surface area contributed by atoms with Gasteiger partial charge in [0.25, 0.3) is 0 Å². The lowest BCUT2D eigenvalue weighted by Crippen LogP contribution is -2.38. The van der Waals surface area contributed by atoms with Crippen LogP contribution in [0.15, 0.2) is 30.3 Å². The number of hydrogen-bond acceptors (Lipinski definition) is 3. The average Bonchev–Trinajstić information content (AvgIpc) is 3.11. The lowest BCUT2D eigenvalue weighted by molar-refractivity contribution is -0.148. The number of carbonyl (C=O) groups excluding carboxylic acids is 1. The van der Waals surface area contributed by atoms with Crippen LogP contribution in [0.2, 0.25) is 0 Å². The van der Waals surface area contributed by atoms with Gasteiger partial charge in [-0.15, -0.1) is 0 Å². The molecule has 1 aliphatic heterocycles. The largest absolute Gasteiger partial charge is 0.467 e. The van der Waals surface area contributed by atoms with Gasteiger partial charge in [-0.05, 0) is 17.9 Å². The first-order valence-electron chi connectivity index (χ1n) is 6.39. The fourth-order valence-electron chi connectivity index (χ4n) is 2.95. The number of hydrogen-bond donors (Lipinski definition) is 0. The number of benzene rings is 1. The summed E-state index contributed by atoms with van der Waals surface area (Å²) < 4.78 is 10.9. The van der Waals surface area contributed by atoms with Crippen LogP contribution in [0.25, 0.3) is 0 Å². The van der Waals surface area contributed by atoms with Crippen LogP contribution in [-0.4, -0.2) is 18.7 Å². The Morgan fingerprint density at radius 3 is 2.39 bits per heavy atom. The molecule has 3 heteroatoms. The Bertz CT molecular complexity index is 440. The molecule has 0 spiro atoms. The van der Waals surface area contributed by atoms with Crippen LogP contribution in [0.5, 0.6) is 0 Å². The molecule has 3 nitrogen and oxygen atoms in total. The topological polar surface area (TPSA) is 38.8 Å². The van der Waals surface area contributed by atoms with Crippen molar-refractivity contribution in [3.63, 3.8) is 0 Å². The molecule has 2 atom stereocenters. The minimum Gasteiger partial charge on any atom is -0.467 e. The summed E-state index contributed by atoms with van der Waals surface area (Å²) in [6.07, 6.45) is 0.754. The second-order valence-electron chi connectivity index (χ2n) is 5.03. The zero-order valence-corrected chi connectivity index (χ0v) is 11.4. The highest BCUT2D eigenvalue weighted by molar-refractivity contribution is 5.85. The zero-order valence-electron chi connectivity index (χ0n) is 11.4. The van der Waals surface area contributed by atoms with Crippen LogP contribution < -0.4 is 0 Å². The van der Waals surface area contributed by atoms with Crippen molar-refractivity contribution in [2.75, 3.05) is 7.11 Å². The quantitative estimate of drug-likeness (QED) is 0.607. The molecule has 98 valence electrons. The first-order chi connectivity index (χ1) is 8.55. The molecule has 1 aliphatic rings. The van der Waals surface area contributed by atoms with E-state index in [9.17, 15) is 4.79 Å². The second kappa shape index (κ2) is 4.39. The normalized spacial score (nSPS) is 30.3. The third-order valence-electron chi connectivity index (χ3n) is 3.93. The molecule has 0 aromatic heterocycles. The fourth-order valence-corrected chi connectivity index (χ4v) is 2.95. The van der Waals surface area contributed by atoms with Crippen LogP contribution in [0.3, 0.4) is 0 Å². The molecular formula is C15H20O3. The second-order valence-corrected chi connectivity index (χ2v) is 5.03. The van der Waals surface area contributed by atoms with E-state index in [2.05, 4.69) is 0 Å². The van der Waals surface area contributed by atoms with E-state index in [0.29, 0.717) is 0 Å². The third kappa shape index (κ3) is 1.50. The van der Waals surface area contributed by atoms with E-state index >= 15 is 0 Å². The van der Waals surface area contributed by atoms with Gasteiger partial charge in [-0.2, -0.15) is 0 Å². The van der Waals surface area contributed by atoms with Crippen molar-refractivity contribution < 1.29 is 14.3 Å². The van der Waals surface area contributed by atoms with Gasteiger partial charge in [0, 0.05) is 0 Å². The number of ether oxygens (including phenoxy) is 2. The first kappa shape index (κ1) is 13.1. The summed E-state index contributed by atoms with van der Waals surface area (Å²) in [5, 5.41) is 0. The van der Waals surface area contributed by atoms with Gasteiger partial charge >= 0.3 is 5.97 Å². The Morgan fingerprint density at radius 1 is 1.33 bits per heavy atom. The Hall–Kier alpha value is -1.35. The Kier molecular flexibility index (Phi) is 3.20. The van der Waals surface area contributed by atoms with Crippen molar-refractivity contribution in [3.8, 4) is 0 Å². The monoisotopic (exact) mass is 248 g/mol. The van der Waals surface area contributed by atoms with Gasteiger partial charge in [0.2, 0.25) is 5.60 Å². The molecule has 2 unspecified atom stereocenters. The molecule has 1 aromatic rings. The smallest absolute Gasteiger partial charge is 0.341 e. The minimum atomic E-state index is -0.835. The summed E-state index contributed by atoms with van der Waals surface area (Å²) in [5.41, 5.74) is -0.320. The summed E-state index contributed by atoms with van der Waals surface area (Å²) in [7, 11) is 1.42. The lowest BCUT2D eigenvalue weighted by Gasteiger charge is -2.20. The number of rotatable bonds is 4. The molecule has 0 amide bonds. The van der Waals surface area contributed by atoms with Crippen molar-refractivity contribution in [2.24, 2.45) is 5.92 Å². The molecule has 0 radical (unpaired) electrons. The third-order valence-corrected chi connectivity index (χ3v) is 3.93. The van der Waals surface area contributed by atoms with Gasteiger partial charge in [-0.25, -0.2) is 4.79 Å². The van der Waals surface area contributed by atoms with Gasteiger partial charge in [-0.3, -0.25) is 0 Å². The van der Waals surface area contributed by atoms with E-state index < -0.39 is 11.2 Å². The number of epoxide rings is 1. The van der Waals surface area contributed by atoms with Crippen LogP contribution in [0.4, 0.5) is 0 Å².